The van der Waals surface area contributed by atoms with Crippen molar-refractivity contribution in [3.8, 4) is 0 Å². The molecule has 1 fully saturated rings. The molecule has 2 rings (SSSR count). The quantitative estimate of drug-likeness (QED) is 0.735. The average Bonchev–Trinajstić information content (AvgIpc) is 2.27. The number of pyridine rings is 1. The summed E-state index contributed by atoms with van der Waals surface area (Å²) in [5.41, 5.74) is 0.200. The van der Waals surface area contributed by atoms with E-state index in [9.17, 15) is 9.18 Å². The molecule has 0 aromatic carbocycles. The van der Waals surface area contributed by atoms with E-state index in [1.165, 1.54) is 18.7 Å². The summed E-state index contributed by atoms with van der Waals surface area (Å²) in [7, 11) is 0. The first-order chi connectivity index (χ1) is 8.08. The smallest absolute Gasteiger partial charge is 0.169 e. The van der Waals surface area contributed by atoms with Crippen LogP contribution in [-0.4, -0.2) is 10.8 Å². The lowest BCUT2D eigenvalue weighted by Gasteiger charge is -2.30. The first-order valence-corrected chi connectivity index (χ1v) is 6.21. The molecule has 1 aliphatic rings. The lowest BCUT2D eigenvalue weighted by atomic mass is 9.74. The predicted molar refractivity (Wildman–Crippen MR) is 64.2 cm³/mol. The molecule has 2 atom stereocenters. The van der Waals surface area contributed by atoms with Crippen molar-refractivity contribution in [1.29, 1.82) is 0 Å². The van der Waals surface area contributed by atoms with Crippen molar-refractivity contribution in [2.24, 2.45) is 17.8 Å². The van der Waals surface area contributed by atoms with Crippen LogP contribution < -0.4 is 0 Å². The second kappa shape index (κ2) is 4.94. The van der Waals surface area contributed by atoms with E-state index in [1.54, 1.807) is 0 Å². The molecule has 0 amide bonds. The number of aromatic nitrogens is 1. The molecule has 3 heteroatoms. The second-order valence-electron chi connectivity index (χ2n) is 5.33. The molecule has 1 aliphatic carbocycles. The topological polar surface area (TPSA) is 30.0 Å². The molecular formula is C14H18FNO. The van der Waals surface area contributed by atoms with Crippen LogP contribution in [0.3, 0.4) is 0 Å². The molecule has 0 N–H and O–H groups in total. The fourth-order valence-corrected chi connectivity index (χ4v) is 2.96. The van der Waals surface area contributed by atoms with Gasteiger partial charge in [0.1, 0.15) is 0 Å². The van der Waals surface area contributed by atoms with Crippen molar-refractivity contribution in [2.45, 2.75) is 33.1 Å². The molecule has 2 nitrogen and oxygen atoms in total. The Morgan fingerprint density at radius 3 is 2.53 bits per heavy atom. The Morgan fingerprint density at radius 1 is 1.29 bits per heavy atom. The van der Waals surface area contributed by atoms with Gasteiger partial charge < -0.3 is 0 Å². The molecule has 0 radical (unpaired) electrons. The summed E-state index contributed by atoms with van der Waals surface area (Å²) in [6.45, 7) is 4.33. The monoisotopic (exact) mass is 235 g/mol. The third kappa shape index (κ3) is 2.71. The molecule has 2 unspecified atom stereocenters. The Morgan fingerprint density at radius 2 is 1.94 bits per heavy atom. The van der Waals surface area contributed by atoms with Crippen molar-refractivity contribution in [3.63, 3.8) is 0 Å². The molecule has 92 valence electrons. The van der Waals surface area contributed by atoms with E-state index in [-0.39, 0.29) is 17.3 Å². The zero-order valence-corrected chi connectivity index (χ0v) is 10.3. The molecule has 0 bridgehead atoms. The lowest BCUT2D eigenvalue weighted by Crippen LogP contribution is -2.26. The SMILES string of the molecule is CC1CC(C)CC(C(=O)c2ccncc2F)C1. The van der Waals surface area contributed by atoms with Crippen molar-refractivity contribution >= 4 is 5.78 Å². The fraction of sp³-hybridized carbons (Fsp3) is 0.571. The number of carbonyl (C=O) groups excluding carboxylic acids is 1. The van der Waals surface area contributed by atoms with Gasteiger partial charge in [-0.3, -0.25) is 9.78 Å². The van der Waals surface area contributed by atoms with Gasteiger partial charge in [-0.1, -0.05) is 13.8 Å². The highest BCUT2D eigenvalue weighted by Gasteiger charge is 2.30. The summed E-state index contributed by atoms with van der Waals surface area (Å²) < 4.78 is 13.5. The summed E-state index contributed by atoms with van der Waals surface area (Å²) in [5.74, 6) is 0.535. The van der Waals surface area contributed by atoms with Crippen molar-refractivity contribution in [1.82, 2.24) is 4.98 Å². The summed E-state index contributed by atoms with van der Waals surface area (Å²) >= 11 is 0. The third-order valence-corrected chi connectivity index (χ3v) is 3.59. The van der Waals surface area contributed by atoms with Crippen LogP contribution in [-0.2, 0) is 0 Å². The Labute approximate surface area is 101 Å². The van der Waals surface area contributed by atoms with Crippen LogP contribution in [0.5, 0.6) is 0 Å². The molecule has 1 aromatic rings. The van der Waals surface area contributed by atoms with Crippen LogP contribution >= 0.6 is 0 Å². The number of ketones is 1. The first-order valence-electron chi connectivity index (χ1n) is 6.21. The number of hydrogen-bond donors (Lipinski definition) is 0. The first kappa shape index (κ1) is 12.2. The van der Waals surface area contributed by atoms with Crippen LogP contribution in [0.25, 0.3) is 0 Å². The standard InChI is InChI=1S/C14H18FNO/c1-9-5-10(2)7-11(6-9)14(17)12-3-4-16-8-13(12)15/h3-4,8-11H,5-7H2,1-2H3. The summed E-state index contributed by atoms with van der Waals surface area (Å²) in [6.07, 6.45) is 5.52. The minimum Gasteiger partial charge on any atom is -0.294 e. The van der Waals surface area contributed by atoms with Gasteiger partial charge >= 0.3 is 0 Å². The second-order valence-corrected chi connectivity index (χ2v) is 5.33. The zero-order chi connectivity index (χ0) is 12.4. The maximum absolute atomic E-state index is 13.5. The molecule has 0 spiro atoms. The number of hydrogen-bond acceptors (Lipinski definition) is 2. The average molecular weight is 235 g/mol. The highest BCUT2D eigenvalue weighted by atomic mass is 19.1. The van der Waals surface area contributed by atoms with Gasteiger partial charge in [0.25, 0.3) is 0 Å². The van der Waals surface area contributed by atoms with Gasteiger partial charge in [-0.2, -0.15) is 0 Å². The summed E-state index contributed by atoms with van der Waals surface area (Å²) in [6, 6.07) is 1.49. The minimum atomic E-state index is -0.497. The Kier molecular flexibility index (Phi) is 3.55. The maximum atomic E-state index is 13.5. The van der Waals surface area contributed by atoms with E-state index in [4.69, 9.17) is 0 Å². The van der Waals surface area contributed by atoms with E-state index < -0.39 is 5.82 Å². The summed E-state index contributed by atoms with van der Waals surface area (Å²) in [4.78, 5) is 15.9. The highest BCUT2D eigenvalue weighted by molar-refractivity contribution is 5.98. The minimum absolute atomic E-state index is 0.0225. The number of rotatable bonds is 2. The Balaban J connectivity index is 2.17. The molecule has 0 saturated heterocycles. The van der Waals surface area contributed by atoms with E-state index in [0.717, 1.165) is 19.0 Å². The predicted octanol–water partition coefficient (Wildman–Crippen LogP) is 3.48. The number of halogens is 1. The van der Waals surface area contributed by atoms with E-state index in [1.807, 2.05) is 0 Å². The van der Waals surface area contributed by atoms with E-state index in [2.05, 4.69) is 18.8 Å². The Bertz CT molecular complexity index is 408. The molecule has 0 aliphatic heterocycles. The van der Waals surface area contributed by atoms with Gasteiger partial charge in [0, 0.05) is 12.1 Å². The van der Waals surface area contributed by atoms with Crippen molar-refractivity contribution < 1.29 is 9.18 Å². The van der Waals surface area contributed by atoms with Crippen LogP contribution in [0.15, 0.2) is 18.5 Å². The van der Waals surface area contributed by atoms with Gasteiger partial charge in [0.05, 0.1) is 11.8 Å². The van der Waals surface area contributed by atoms with E-state index in [0.29, 0.717) is 11.8 Å². The van der Waals surface area contributed by atoms with Crippen LogP contribution in [0, 0.1) is 23.6 Å². The maximum Gasteiger partial charge on any atom is 0.169 e. The highest BCUT2D eigenvalue weighted by Crippen LogP contribution is 2.34. The summed E-state index contributed by atoms with van der Waals surface area (Å²) in [5, 5.41) is 0. The largest absolute Gasteiger partial charge is 0.294 e. The van der Waals surface area contributed by atoms with Crippen molar-refractivity contribution in [2.75, 3.05) is 0 Å². The van der Waals surface area contributed by atoms with Gasteiger partial charge in [-0.25, -0.2) is 4.39 Å². The van der Waals surface area contributed by atoms with Gasteiger partial charge in [-0.15, -0.1) is 0 Å². The number of carbonyl (C=O) groups is 1. The Hall–Kier alpha value is -1.25. The fourth-order valence-electron chi connectivity index (χ4n) is 2.96. The molecular weight excluding hydrogens is 217 g/mol. The van der Waals surface area contributed by atoms with Crippen LogP contribution in [0.4, 0.5) is 4.39 Å². The molecule has 17 heavy (non-hydrogen) atoms. The lowest BCUT2D eigenvalue weighted by molar-refractivity contribution is 0.0831. The van der Waals surface area contributed by atoms with Crippen LogP contribution in [0.2, 0.25) is 0 Å². The number of Topliss-reactive ketones (excluding diaryl/α,β-unsaturated/α-hetero) is 1. The number of nitrogens with zero attached hydrogens (tertiary/aromatic N) is 1. The van der Waals surface area contributed by atoms with Gasteiger partial charge in [-0.05, 0) is 37.2 Å². The molecule has 1 saturated carbocycles. The molecule has 1 heterocycles. The zero-order valence-electron chi connectivity index (χ0n) is 10.3. The molecule has 1 aromatic heterocycles. The van der Waals surface area contributed by atoms with Gasteiger partial charge in [0.15, 0.2) is 11.6 Å². The van der Waals surface area contributed by atoms with Crippen LogP contribution in [0.1, 0.15) is 43.5 Å². The van der Waals surface area contributed by atoms with E-state index >= 15 is 0 Å². The third-order valence-electron chi connectivity index (χ3n) is 3.59. The van der Waals surface area contributed by atoms with Gasteiger partial charge in [0.2, 0.25) is 0 Å². The van der Waals surface area contributed by atoms with Crippen molar-refractivity contribution in [3.05, 3.63) is 29.8 Å². The normalized spacial score (nSPS) is 29.0.